The molecule has 1 spiro atoms. The third kappa shape index (κ3) is 2.69. The number of amides is 2. The molecule has 1 N–H and O–H groups in total. The van der Waals surface area contributed by atoms with E-state index in [-0.39, 0.29) is 18.4 Å². The Kier molecular flexibility index (Phi) is 3.77. The normalized spacial score (nSPS) is 26.5. The van der Waals surface area contributed by atoms with Crippen LogP contribution in [0.4, 0.5) is 0 Å². The van der Waals surface area contributed by atoms with Crippen molar-refractivity contribution in [2.45, 2.75) is 56.7 Å². The van der Waals surface area contributed by atoms with Gasteiger partial charge < -0.3 is 9.80 Å². The van der Waals surface area contributed by atoms with Crippen LogP contribution in [0.3, 0.4) is 0 Å². The van der Waals surface area contributed by atoms with Gasteiger partial charge in [-0.2, -0.15) is 0 Å². The Hall–Kier alpha value is -2.38. The van der Waals surface area contributed by atoms with Gasteiger partial charge in [0.25, 0.3) is 5.56 Å². The summed E-state index contributed by atoms with van der Waals surface area (Å²) in [6, 6.07) is 1.57. The number of aromatic nitrogens is 2. The first-order valence-electron chi connectivity index (χ1n) is 8.93. The molecule has 2 saturated heterocycles. The van der Waals surface area contributed by atoms with Gasteiger partial charge in [-0.25, -0.2) is 4.79 Å². The fraction of sp³-hybridized carbons (Fsp3) is 0.647. The zero-order valence-corrected chi connectivity index (χ0v) is 14.1. The number of piperidine rings is 1. The quantitative estimate of drug-likeness (QED) is 0.812. The topological polar surface area (TPSA) is 95.5 Å². The lowest BCUT2D eigenvalue weighted by molar-refractivity contribution is -0.156. The average molecular weight is 346 g/mol. The van der Waals surface area contributed by atoms with E-state index in [0.29, 0.717) is 25.4 Å². The maximum absolute atomic E-state index is 13.1. The van der Waals surface area contributed by atoms with Crippen LogP contribution in [0.1, 0.15) is 38.5 Å². The first-order chi connectivity index (χ1) is 12.0. The minimum atomic E-state index is -0.732. The molecule has 3 heterocycles. The summed E-state index contributed by atoms with van der Waals surface area (Å²) in [6.07, 6.45) is 6.54. The lowest BCUT2D eigenvalue weighted by Gasteiger charge is -2.44. The smallest absolute Gasteiger partial charge is 0.328 e. The Morgan fingerprint density at radius 2 is 1.88 bits per heavy atom. The summed E-state index contributed by atoms with van der Waals surface area (Å²) in [4.78, 5) is 54.8. The van der Waals surface area contributed by atoms with Crippen LogP contribution in [0.5, 0.6) is 0 Å². The number of H-pyrrole nitrogens is 1. The minimum absolute atomic E-state index is 0.0842. The average Bonchev–Trinajstić information content (AvgIpc) is 3.33. The standard InChI is InChI=1S/C17H22N4O4/c22-13-5-10-19(16(25)18-13)11-14(23)21-9-2-7-17(21)6-1-8-20(15(17)24)12-3-4-12/h5,10,12H,1-4,6-9,11H2,(H,18,22,25). The Bertz CT molecular complexity index is 824. The van der Waals surface area contributed by atoms with Gasteiger partial charge in [0.05, 0.1) is 0 Å². The number of hydrogen-bond donors (Lipinski definition) is 1. The molecule has 25 heavy (non-hydrogen) atoms. The summed E-state index contributed by atoms with van der Waals surface area (Å²) in [5.41, 5.74) is -1.83. The number of nitrogens with zero attached hydrogens (tertiary/aromatic N) is 3. The van der Waals surface area contributed by atoms with E-state index in [0.717, 1.165) is 32.2 Å². The molecule has 1 aliphatic carbocycles. The summed E-state index contributed by atoms with van der Waals surface area (Å²) >= 11 is 0. The van der Waals surface area contributed by atoms with E-state index in [1.54, 1.807) is 4.90 Å². The number of aromatic amines is 1. The second-order valence-electron chi connectivity index (χ2n) is 7.25. The monoisotopic (exact) mass is 346 g/mol. The highest BCUT2D eigenvalue weighted by atomic mass is 16.2. The highest BCUT2D eigenvalue weighted by Crippen LogP contribution is 2.41. The van der Waals surface area contributed by atoms with Gasteiger partial charge in [-0.1, -0.05) is 0 Å². The third-order valence-electron chi connectivity index (χ3n) is 5.63. The van der Waals surface area contributed by atoms with Gasteiger partial charge in [0, 0.05) is 31.4 Å². The Balaban J connectivity index is 1.58. The van der Waals surface area contributed by atoms with E-state index in [1.807, 2.05) is 4.90 Å². The number of carbonyl (C=O) groups excluding carboxylic acids is 2. The van der Waals surface area contributed by atoms with Crippen molar-refractivity contribution in [3.8, 4) is 0 Å². The predicted octanol–water partition coefficient (Wildman–Crippen LogP) is -0.317. The predicted molar refractivity (Wildman–Crippen MR) is 89.0 cm³/mol. The van der Waals surface area contributed by atoms with Crippen LogP contribution >= 0.6 is 0 Å². The van der Waals surface area contributed by atoms with Crippen molar-refractivity contribution in [1.82, 2.24) is 19.4 Å². The summed E-state index contributed by atoms with van der Waals surface area (Å²) in [5.74, 6) is -0.154. The van der Waals surface area contributed by atoms with Crippen molar-refractivity contribution in [3.05, 3.63) is 33.1 Å². The number of carbonyl (C=O) groups is 2. The van der Waals surface area contributed by atoms with Crippen molar-refractivity contribution < 1.29 is 9.59 Å². The lowest BCUT2D eigenvalue weighted by atomic mass is 9.85. The van der Waals surface area contributed by atoms with Crippen LogP contribution in [-0.2, 0) is 16.1 Å². The van der Waals surface area contributed by atoms with Gasteiger partial charge >= 0.3 is 5.69 Å². The molecule has 0 radical (unpaired) electrons. The van der Waals surface area contributed by atoms with E-state index in [1.165, 1.54) is 16.8 Å². The largest absolute Gasteiger partial charge is 0.338 e. The Morgan fingerprint density at radius 3 is 2.56 bits per heavy atom. The van der Waals surface area contributed by atoms with Gasteiger partial charge in [0.1, 0.15) is 12.1 Å². The number of nitrogens with one attached hydrogen (secondary N) is 1. The minimum Gasteiger partial charge on any atom is -0.338 e. The molecule has 1 unspecified atom stereocenters. The van der Waals surface area contributed by atoms with Crippen molar-refractivity contribution in [1.29, 1.82) is 0 Å². The molecule has 0 bridgehead atoms. The molecule has 1 aromatic rings. The molecule has 134 valence electrons. The van der Waals surface area contributed by atoms with Crippen LogP contribution in [-0.4, -0.2) is 55.8 Å². The first-order valence-corrected chi connectivity index (χ1v) is 8.93. The van der Waals surface area contributed by atoms with Crippen molar-refractivity contribution in [2.75, 3.05) is 13.1 Å². The maximum Gasteiger partial charge on any atom is 0.328 e. The SMILES string of the molecule is O=C(Cn1ccc(=O)[nH]c1=O)N1CCCC12CCCN(C1CC1)C2=O. The second-order valence-corrected chi connectivity index (χ2v) is 7.25. The summed E-state index contributed by atoms with van der Waals surface area (Å²) < 4.78 is 1.18. The van der Waals surface area contributed by atoms with E-state index < -0.39 is 16.8 Å². The second kappa shape index (κ2) is 5.86. The van der Waals surface area contributed by atoms with Crippen LogP contribution in [0, 0.1) is 0 Å². The fourth-order valence-corrected chi connectivity index (χ4v) is 4.28. The number of likely N-dealkylation sites (tertiary alicyclic amines) is 2. The van der Waals surface area contributed by atoms with E-state index >= 15 is 0 Å². The summed E-state index contributed by atoms with van der Waals surface area (Å²) in [7, 11) is 0. The molecular weight excluding hydrogens is 324 g/mol. The highest BCUT2D eigenvalue weighted by molar-refractivity contribution is 5.93. The lowest BCUT2D eigenvalue weighted by Crippen LogP contribution is -2.62. The number of rotatable bonds is 3. The van der Waals surface area contributed by atoms with Crippen LogP contribution in [0.15, 0.2) is 21.9 Å². The molecule has 3 fully saturated rings. The number of hydrogen-bond acceptors (Lipinski definition) is 4. The van der Waals surface area contributed by atoms with Crippen LogP contribution in [0.2, 0.25) is 0 Å². The van der Waals surface area contributed by atoms with Gasteiger partial charge in [0.15, 0.2) is 0 Å². The van der Waals surface area contributed by atoms with Crippen LogP contribution < -0.4 is 11.2 Å². The van der Waals surface area contributed by atoms with Gasteiger partial charge in [-0.05, 0) is 38.5 Å². The zero-order chi connectivity index (χ0) is 17.6. The maximum atomic E-state index is 13.1. The third-order valence-corrected chi connectivity index (χ3v) is 5.63. The molecule has 8 nitrogen and oxygen atoms in total. The molecule has 1 aromatic heterocycles. The van der Waals surface area contributed by atoms with Gasteiger partial charge in [0.2, 0.25) is 11.8 Å². The fourth-order valence-electron chi connectivity index (χ4n) is 4.28. The Labute approximate surface area is 144 Å². The van der Waals surface area contributed by atoms with Crippen molar-refractivity contribution in [3.63, 3.8) is 0 Å². The Morgan fingerprint density at radius 1 is 1.16 bits per heavy atom. The van der Waals surface area contributed by atoms with Crippen molar-refractivity contribution in [2.24, 2.45) is 0 Å². The molecular formula is C17H22N4O4. The molecule has 2 aliphatic heterocycles. The van der Waals surface area contributed by atoms with E-state index in [4.69, 9.17) is 0 Å². The highest BCUT2D eigenvalue weighted by Gasteiger charge is 2.54. The molecule has 2 amide bonds. The van der Waals surface area contributed by atoms with Crippen molar-refractivity contribution >= 4 is 11.8 Å². The van der Waals surface area contributed by atoms with Crippen LogP contribution in [0.25, 0.3) is 0 Å². The van der Waals surface area contributed by atoms with E-state index in [2.05, 4.69) is 4.98 Å². The molecule has 8 heteroatoms. The van der Waals surface area contributed by atoms with Gasteiger partial charge in [-0.15, -0.1) is 0 Å². The molecule has 1 saturated carbocycles. The molecule has 3 aliphatic rings. The molecule has 1 atom stereocenters. The molecule has 4 rings (SSSR count). The zero-order valence-electron chi connectivity index (χ0n) is 14.1. The van der Waals surface area contributed by atoms with Gasteiger partial charge in [-0.3, -0.25) is 23.9 Å². The summed E-state index contributed by atoms with van der Waals surface area (Å²) in [5, 5.41) is 0. The molecule has 0 aromatic carbocycles. The summed E-state index contributed by atoms with van der Waals surface area (Å²) in [6.45, 7) is 1.17. The first kappa shape index (κ1) is 16.1. The van der Waals surface area contributed by atoms with E-state index in [9.17, 15) is 19.2 Å².